The maximum absolute atomic E-state index is 12.4. The number of nitriles is 1. The van der Waals surface area contributed by atoms with E-state index in [1.165, 1.54) is 49.6 Å². The largest absolute Gasteiger partial charge is 0.481 e. The number of primary amides is 1. The van der Waals surface area contributed by atoms with E-state index in [9.17, 15) is 19.6 Å². The molecular formula is C20H15Cl2N3O5. The van der Waals surface area contributed by atoms with Gasteiger partial charge in [-0.1, -0.05) is 23.2 Å². The molecule has 0 aliphatic rings. The highest BCUT2D eigenvalue weighted by Crippen LogP contribution is 2.34. The third-order valence-electron chi connectivity index (χ3n) is 3.62. The van der Waals surface area contributed by atoms with Crippen LogP contribution in [0.25, 0.3) is 6.08 Å². The summed E-state index contributed by atoms with van der Waals surface area (Å²) in [5.41, 5.74) is 5.85. The number of nitrogens with zero attached hydrogens (tertiary/aromatic N) is 1. The molecule has 2 amide bonds. The minimum atomic E-state index is -0.700. The molecule has 0 saturated heterocycles. The molecule has 0 atom stereocenters. The number of carbonyl (C=O) groups is 3. The molecule has 2 rings (SSSR count). The van der Waals surface area contributed by atoms with Crippen LogP contribution in [-0.2, 0) is 14.3 Å². The Balaban J connectivity index is 2.20. The van der Waals surface area contributed by atoms with E-state index in [0.29, 0.717) is 16.8 Å². The van der Waals surface area contributed by atoms with Crippen molar-refractivity contribution < 1.29 is 23.9 Å². The number of nitrogens with two attached hydrogens (primary N) is 1. The predicted molar refractivity (Wildman–Crippen MR) is 111 cm³/mol. The summed E-state index contributed by atoms with van der Waals surface area (Å²) < 4.78 is 9.74. The molecule has 0 unspecified atom stereocenters. The maximum atomic E-state index is 12.4. The summed E-state index contributed by atoms with van der Waals surface area (Å²) in [6, 6.07) is 10.6. The average molecular weight is 448 g/mol. The van der Waals surface area contributed by atoms with Crippen molar-refractivity contribution in [2.45, 2.75) is 0 Å². The molecule has 0 aliphatic heterocycles. The summed E-state index contributed by atoms with van der Waals surface area (Å²) >= 11 is 12.2. The van der Waals surface area contributed by atoms with Gasteiger partial charge in [-0.05, 0) is 48.0 Å². The number of nitrogens with one attached hydrogen (secondary N) is 1. The van der Waals surface area contributed by atoms with Crippen LogP contribution in [0.15, 0.2) is 42.0 Å². The molecule has 2 aromatic rings. The second-order valence-corrected chi connectivity index (χ2v) is 6.58. The maximum Gasteiger partial charge on any atom is 0.337 e. The van der Waals surface area contributed by atoms with E-state index in [-0.39, 0.29) is 21.4 Å². The highest BCUT2D eigenvalue weighted by atomic mass is 35.5. The van der Waals surface area contributed by atoms with Crippen molar-refractivity contribution in [2.75, 3.05) is 19.0 Å². The molecule has 0 radical (unpaired) electrons. The van der Waals surface area contributed by atoms with Crippen molar-refractivity contribution in [3.63, 3.8) is 0 Å². The van der Waals surface area contributed by atoms with Gasteiger partial charge in [-0.3, -0.25) is 9.59 Å². The number of amides is 2. The Morgan fingerprint density at radius 2 is 1.77 bits per heavy atom. The highest BCUT2D eigenvalue weighted by Gasteiger charge is 2.14. The van der Waals surface area contributed by atoms with E-state index in [4.69, 9.17) is 33.7 Å². The fourth-order valence-electron chi connectivity index (χ4n) is 2.27. The number of benzene rings is 2. The number of ether oxygens (including phenoxy) is 2. The van der Waals surface area contributed by atoms with Gasteiger partial charge in [0, 0.05) is 5.69 Å². The lowest BCUT2D eigenvalue weighted by Gasteiger charge is -2.10. The van der Waals surface area contributed by atoms with E-state index >= 15 is 0 Å². The molecule has 0 aliphatic carbocycles. The molecule has 10 heteroatoms. The highest BCUT2D eigenvalue weighted by molar-refractivity contribution is 6.37. The predicted octanol–water partition coefficient (Wildman–Crippen LogP) is 3.19. The normalized spacial score (nSPS) is 10.7. The molecule has 0 bridgehead atoms. The molecule has 0 heterocycles. The van der Waals surface area contributed by atoms with Crippen molar-refractivity contribution in [3.8, 4) is 11.8 Å². The van der Waals surface area contributed by atoms with Crippen LogP contribution in [0.3, 0.4) is 0 Å². The molecule has 0 spiro atoms. The van der Waals surface area contributed by atoms with Gasteiger partial charge in [0.05, 0.1) is 22.7 Å². The van der Waals surface area contributed by atoms with Crippen molar-refractivity contribution in [1.82, 2.24) is 0 Å². The number of hydrogen-bond acceptors (Lipinski definition) is 6. The first kappa shape index (κ1) is 22.7. The van der Waals surface area contributed by atoms with Gasteiger partial charge in [0.25, 0.3) is 11.8 Å². The van der Waals surface area contributed by atoms with Crippen molar-refractivity contribution in [3.05, 3.63) is 63.1 Å². The Morgan fingerprint density at radius 3 is 2.27 bits per heavy atom. The Morgan fingerprint density at radius 1 is 1.17 bits per heavy atom. The smallest absolute Gasteiger partial charge is 0.337 e. The van der Waals surface area contributed by atoms with Gasteiger partial charge >= 0.3 is 5.97 Å². The standard InChI is InChI=1S/C20H15Cl2N3O5/c1-29-20(28)12-2-4-14(5-3-12)25-19(27)13(9-23)6-11-7-15(21)18(16(22)8-11)30-10-17(24)26/h2-8H,10H2,1H3,(H2,24,26)(H,25,27)/b13-6+. The molecule has 2 aromatic carbocycles. The molecule has 0 aromatic heterocycles. The van der Waals surface area contributed by atoms with Gasteiger partial charge in [-0.25, -0.2) is 4.79 Å². The van der Waals surface area contributed by atoms with Gasteiger partial charge in [0.15, 0.2) is 12.4 Å². The first-order valence-corrected chi connectivity index (χ1v) is 9.02. The third-order valence-corrected chi connectivity index (χ3v) is 4.18. The summed E-state index contributed by atoms with van der Waals surface area (Å²) in [6.45, 7) is -0.407. The van der Waals surface area contributed by atoms with Crippen LogP contribution in [0, 0.1) is 11.3 Å². The second kappa shape index (κ2) is 10.3. The van der Waals surface area contributed by atoms with Crippen LogP contribution < -0.4 is 15.8 Å². The van der Waals surface area contributed by atoms with Gasteiger partial charge in [-0.15, -0.1) is 0 Å². The number of esters is 1. The Bertz CT molecular complexity index is 1040. The third kappa shape index (κ3) is 5.98. The minimum absolute atomic E-state index is 0.0583. The van der Waals surface area contributed by atoms with Crippen LogP contribution in [0.5, 0.6) is 5.75 Å². The van der Waals surface area contributed by atoms with Crippen LogP contribution >= 0.6 is 23.2 Å². The quantitative estimate of drug-likeness (QED) is 0.380. The second-order valence-electron chi connectivity index (χ2n) is 5.76. The molecule has 8 nitrogen and oxygen atoms in total. The summed E-state index contributed by atoms with van der Waals surface area (Å²) in [4.78, 5) is 34.7. The number of methoxy groups -OCH3 is 1. The SMILES string of the molecule is COC(=O)c1ccc(NC(=O)/C(C#N)=C/c2cc(Cl)c(OCC(N)=O)c(Cl)c2)cc1. The number of hydrogen-bond donors (Lipinski definition) is 2. The Hall–Kier alpha value is -3.54. The van der Waals surface area contributed by atoms with E-state index in [0.717, 1.165) is 0 Å². The van der Waals surface area contributed by atoms with Gasteiger partial charge < -0.3 is 20.5 Å². The molecule has 30 heavy (non-hydrogen) atoms. The van der Waals surface area contributed by atoms with Crippen molar-refractivity contribution in [1.29, 1.82) is 5.26 Å². The lowest BCUT2D eigenvalue weighted by Crippen LogP contribution is -2.20. The zero-order valence-corrected chi connectivity index (χ0v) is 17.1. The van der Waals surface area contributed by atoms with Gasteiger partial charge in [0.2, 0.25) is 0 Å². The van der Waals surface area contributed by atoms with E-state index in [1.54, 1.807) is 6.07 Å². The van der Waals surface area contributed by atoms with Crippen LogP contribution in [0.2, 0.25) is 10.0 Å². The molecule has 0 fully saturated rings. The first-order valence-electron chi connectivity index (χ1n) is 8.26. The lowest BCUT2D eigenvalue weighted by atomic mass is 10.1. The minimum Gasteiger partial charge on any atom is -0.481 e. The molecule has 3 N–H and O–H groups in total. The average Bonchev–Trinajstić information content (AvgIpc) is 2.71. The lowest BCUT2D eigenvalue weighted by molar-refractivity contribution is -0.120. The van der Waals surface area contributed by atoms with Crippen molar-refractivity contribution in [2.24, 2.45) is 5.73 Å². The monoisotopic (exact) mass is 447 g/mol. The van der Waals surface area contributed by atoms with Gasteiger partial charge in [0.1, 0.15) is 11.6 Å². The zero-order chi connectivity index (χ0) is 22.3. The number of rotatable bonds is 7. The van der Waals surface area contributed by atoms with Crippen molar-refractivity contribution >= 4 is 52.7 Å². The number of halogens is 2. The van der Waals surface area contributed by atoms with Gasteiger partial charge in [-0.2, -0.15) is 5.26 Å². The fraction of sp³-hybridized carbons (Fsp3) is 0.100. The van der Waals surface area contributed by atoms with Crippen LogP contribution in [0.4, 0.5) is 5.69 Å². The Labute approximate surface area is 181 Å². The van der Waals surface area contributed by atoms with E-state index in [2.05, 4.69) is 10.1 Å². The van der Waals surface area contributed by atoms with Crippen LogP contribution in [0.1, 0.15) is 15.9 Å². The van der Waals surface area contributed by atoms with E-state index in [1.807, 2.05) is 0 Å². The summed E-state index contributed by atoms with van der Waals surface area (Å²) in [6.07, 6.45) is 1.29. The summed E-state index contributed by atoms with van der Waals surface area (Å²) in [7, 11) is 1.26. The zero-order valence-electron chi connectivity index (χ0n) is 15.6. The Kier molecular flexibility index (Phi) is 7.81. The molecule has 154 valence electrons. The van der Waals surface area contributed by atoms with E-state index < -0.39 is 24.4 Å². The molecular weight excluding hydrogens is 433 g/mol. The molecule has 0 saturated carbocycles. The summed E-state index contributed by atoms with van der Waals surface area (Å²) in [5.74, 6) is -1.83. The number of carbonyl (C=O) groups excluding carboxylic acids is 3. The van der Waals surface area contributed by atoms with Crippen LogP contribution in [-0.4, -0.2) is 31.5 Å². The first-order chi connectivity index (χ1) is 14.2. The fourth-order valence-corrected chi connectivity index (χ4v) is 2.88. The summed E-state index contributed by atoms with van der Waals surface area (Å²) in [5, 5.41) is 12.0. The topological polar surface area (TPSA) is 132 Å². The number of anilines is 1.